The molecule has 1 aliphatic rings. The van der Waals surface area contributed by atoms with Crippen molar-refractivity contribution in [1.82, 2.24) is 4.90 Å². The van der Waals surface area contributed by atoms with Crippen molar-refractivity contribution in [3.63, 3.8) is 0 Å². The van der Waals surface area contributed by atoms with E-state index in [0.717, 1.165) is 36.2 Å². The zero-order chi connectivity index (χ0) is 12.1. The highest BCUT2D eigenvalue weighted by atomic mass is 79.9. The predicted molar refractivity (Wildman–Crippen MR) is 70.1 cm³/mol. The molecule has 0 aliphatic carbocycles. The number of carbonyl (C=O) groups excluding carboxylic acids is 1. The average Bonchev–Trinajstić information content (AvgIpc) is 2.82. The molecule has 1 heterocycles. The number of hydrogen-bond donors (Lipinski definition) is 0. The molecule has 1 saturated heterocycles. The molecule has 17 heavy (non-hydrogen) atoms. The molecule has 0 atom stereocenters. The Bertz CT molecular complexity index is 389. The SMILES string of the molecule is O=C(CCOc1cccc(Br)c1)N1CCCC1. The molecule has 0 aromatic heterocycles. The van der Waals surface area contributed by atoms with Crippen molar-refractivity contribution < 1.29 is 9.53 Å². The van der Waals surface area contributed by atoms with Gasteiger partial charge in [0, 0.05) is 17.6 Å². The van der Waals surface area contributed by atoms with E-state index in [-0.39, 0.29) is 5.91 Å². The molecule has 1 aromatic carbocycles. The van der Waals surface area contributed by atoms with E-state index in [2.05, 4.69) is 15.9 Å². The van der Waals surface area contributed by atoms with Gasteiger partial charge in [0.1, 0.15) is 5.75 Å². The number of rotatable bonds is 4. The van der Waals surface area contributed by atoms with Crippen LogP contribution in [-0.4, -0.2) is 30.5 Å². The number of benzene rings is 1. The molecule has 0 radical (unpaired) electrons. The van der Waals surface area contributed by atoms with Crippen molar-refractivity contribution >= 4 is 21.8 Å². The van der Waals surface area contributed by atoms with E-state index >= 15 is 0 Å². The summed E-state index contributed by atoms with van der Waals surface area (Å²) in [4.78, 5) is 13.7. The number of carbonyl (C=O) groups is 1. The zero-order valence-electron chi connectivity index (χ0n) is 9.69. The Hall–Kier alpha value is -1.03. The van der Waals surface area contributed by atoms with Crippen molar-refractivity contribution in [3.8, 4) is 5.75 Å². The summed E-state index contributed by atoms with van der Waals surface area (Å²) in [6, 6.07) is 7.66. The molecule has 0 unspecified atom stereocenters. The quantitative estimate of drug-likeness (QED) is 0.855. The summed E-state index contributed by atoms with van der Waals surface area (Å²) in [6.07, 6.45) is 2.74. The van der Waals surface area contributed by atoms with Crippen LogP contribution in [0.15, 0.2) is 28.7 Å². The minimum Gasteiger partial charge on any atom is -0.493 e. The van der Waals surface area contributed by atoms with Gasteiger partial charge in [-0.2, -0.15) is 0 Å². The fourth-order valence-electron chi connectivity index (χ4n) is 1.94. The van der Waals surface area contributed by atoms with Crippen LogP contribution < -0.4 is 4.74 Å². The molecule has 0 spiro atoms. The third kappa shape index (κ3) is 3.73. The number of hydrogen-bond acceptors (Lipinski definition) is 2. The molecule has 92 valence electrons. The molecule has 0 N–H and O–H groups in total. The van der Waals surface area contributed by atoms with Crippen LogP contribution in [0.4, 0.5) is 0 Å². The van der Waals surface area contributed by atoms with E-state index in [0.29, 0.717) is 13.0 Å². The van der Waals surface area contributed by atoms with Gasteiger partial charge in [-0.1, -0.05) is 22.0 Å². The molecular formula is C13H16BrNO2. The zero-order valence-corrected chi connectivity index (χ0v) is 11.3. The minimum atomic E-state index is 0.206. The Morgan fingerprint density at radius 2 is 2.12 bits per heavy atom. The standard InChI is InChI=1S/C13H16BrNO2/c14-11-4-3-5-12(10-11)17-9-6-13(16)15-7-1-2-8-15/h3-5,10H,1-2,6-9H2. The summed E-state index contributed by atoms with van der Waals surface area (Å²) in [6.45, 7) is 2.28. The summed E-state index contributed by atoms with van der Waals surface area (Å²) >= 11 is 3.38. The summed E-state index contributed by atoms with van der Waals surface area (Å²) in [5.74, 6) is 1.01. The lowest BCUT2D eigenvalue weighted by molar-refractivity contribution is -0.130. The monoisotopic (exact) mass is 297 g/mol. The first-order chi connectivity index (χ1) is 8.25. The molecule has 0 bridgehead atoms. The van der Waals surface area contributed by atoms with Gasteiger partial charge in [0.15, 0.2) is 0 Å². The van der Waals surface area contributed by atoms with Crippen LogP contribution in [0.3, 0.4) is 0 Å². The second-order valence-electron chi connectivity index (χ2n) is 4.14. The maximum atomic E-state index is 11.7. The van der Waals surface area contributed by atoms with Gasteiger partial charge in [-0.15, -0.1) is 0 Å². The van der Waals surface area contributed by atoms with Gasteiger partial charge in [0.2, 0.25) is 5.91 Å². The molecule has 0 saturated carbocycles. The van der Waals surface area contributed by atoms with Gasteiger partial charge < -0.3 is 9.64 Å². The smallest absolute Gasteiger partial charge is 0.225 e. The van der Waals surface area contributed by atoms with E-state index < -0.39 is 0 Å². The highest BCUT2D eigenvalue weighted by molar-refractivity contribution is 9.10. The molecule has 1 aliphatic heterocycles. The van der Waals surface area contributed by atoms with Gasteiger partial charge in [-0.3, -0.25) is 4.79 Å². The number of amides is 1. The van der Waals surface area contributed by atoms with Crippen LogP contribution in [-0.2, 0) is 4.79 Å². The van der Waals surface area contributed by atoms with Crippen molar-refractivity contribution in [2.45, 2.75) is 19.3 Å². The Morgan fingerprint density at radius 1 is 1.35 bits per heavy atom. The first-order valence-corrected chi connectivity index (χ1v) is 6.71. The first kappa shape index (κ1) is 12.4. The van der Waals surface area contributed by atoms with Gasteiger partial charge in [-0.25, -0.2) is 0 Å². The first-order valence-electron chi connectivity index (χ1n) is 5.92. The second-order valence-corrected chi connectivity index (χ2v) is 5.06. The maximum absolute atomic E-state index is 11.7. The molecule has 1 fully saturated rings. The van der Waals surface area contributed by atoms with Gasteiger partial charge in [0.05, 0.1) is 13.0 Å². The lowest BCUT2D eigenvalue weighted by atomic mass is 10.3. The predicted octanol–water partition coefficient (Wildman–Crippen LogP) is 2.84. The van der Waals surface area contributed by atoms with Crippen molar-refractivity contribution in [2.24, 2.45) is 0 Å². The topological polar surface area (TPSA) is 29.5 Å². The third-order valence-electron chi connectivity index (χ3n) is 2.84. The van der Waals surface area contributed by atoms with Gasteiger partial charge >= 0.3 is 0 Å². The van der Waals surface area contributed by atoms with Crippen molar-refractivity contribution in [2.75, 3.05) is 19.7 Å². The third-order valence-corrected chi connectivity index (χ3v) is 3.33. The molecule has 1 aromatic rings. The Kier molecular flexibility index (Phi) is 4.42. The Morgan fingerprint density at radius 3 is 2.82 bits per heavy atom. The summed E-state index contributed by atoms with van der Waals surface area (Å²) in [7, 11) is 0. The maximum Gasteiger partial charge on any atom is 0.225 e. The Balaban J connectivity index is 1.73. The Labute approximate surface area is 110 Å². The lowest BCUT2D eigenvalue weighted by Gasteiger charge is -2.15. The molecule has 3 nitrogen and oxygen atoms in total. The molecule has 2 rings (SSSR count). The fourth-order valence-corrected chi connectivity index (χ4v) is 2.32. The molecule has 4 heteroatoms. The second kappa shape index (κ2) is 6.05. The van der Waals surface area contributed by atoms with E-state index in [1.165, 1.54) is 0 Å². The molecule has 1 amide bonds. The highest BCUT2D eigenvalue weighted by Gasteiger charge is 2.17. The lowest BCUT2D eigenvalue weighted by Crippen LogP contribution is -2.28. The van der Waals surface area contributed by atoms with E-state index in [9.17, 15) is 4.79 Å². The normalized spacial score (nSPS) is 15.0. The number of halogens is 1. The van der Waals surface area contributed by atoms with Crippen LogP contribution >= 0.6 is 15.9 Å². The summed E-state index contributed by atoms with van der Waals surface area (Å²) in [5.41, 5.74) is 0. The minimum absolute atomic E-state index is 0.206. The fraction of sp³-hybridized carbons (Fsp3) is 0.462. The number of ether oxygens (including phenoxy) is 1. The van der Waals surface area contributed by atoms with Crippen LogP contribution in [0.2, 0.25) is 0 Å². The highest BCUT2D eigenvalue weighted by Crippen LogP contribution is 2.18. The molecular weight excluding hydrogens is 282 g/mol. The number of likely N-dealkylation sites (tertiary alicyclic amines) is 1. The van der Waals surface area contributed by atoms with Gasteiger partial charge in [0.25, 0.3) is 0 Å². The van der Waals surface area contributed by atoms with Crippen LogP contribution in [0.5, 0.6) is 5.75 Å². The van der Waals surface area contributed by atoms with E-state index in [1.54, 1.807) is 0 Å². The van der Waals surface area contributed by atoms with Crippen LogP contribution in [0, 0.1) is 0 Å². The van der Waals surface area contributed by atoms with E-state index in [1.807, 2.05) is 29.2 Å². The van der Waals surface area contributed by atoms with E-state index in [4.69, 9.17) is 4.74 Å². The summed E-state index contributed by atoms with van der Waals surface area (Å²) in [5, 5.41) is 0. The largest absolute Gasteiger partial charge is 0.493 e. The average molecular weight is 298 g/mol. The van der Waals surface area contributed by atoms with Crippen molar-refractivity contribution in [3.05, 3.63) is 28.7 Å². The van der Waals surface area contributed by atoms with Crippen molar-refractivity contribution in [1.29, 1.82) is 0 Å². The van der Waals surface area contributed by atoms with Crippen LogP contribution in [0.1, 0.15) is 19.3 Å². The van der Waals surface area contributed by atoms with Crippen LogP contribution in [0.25, 0.3) is 0 Å². The summed E-state index contributed by atoms with van der Waals surface area (Å²) < 4.78 is 6.53. The van der Waals surface area contributed by atoms with Gasteiger partial charge in [-0.05, 0) is 31.0 Å². The number of nitrogens with zero attached hydrogens (tertiary/aromatic N) is 1.